The maximum atomic E-state index is 13.3. The first-order valence-electron chi connectivity index (χ1n) is 7.24. The van der Waals surface area contributed by atoms with Crippen LogP contribution < -0.4 is 10.5 Å². The molecule has 0 saturated heterocycles. The molecule has 118 valence electrons. The molecular weight excluding hydrogens is 295 g/mol. The first kappa shape index (κ1) is 15.1. The average Bonchev–Trinajstić information content (AvgIpc) is 2.90. The van der Waals surface area contributed by atoms with Gasteiger partial charge in [-0.1, -0.05) is 32.9 Å². The van der Waals surface area contributed by atoms with Crippen LogP contribution in [0.4, 0.5) is 4.39 Å². The van der Waals surface area contributed by atoms with E-state index < -0.39 is 5.92 Å². The van der Waals surface area contributed by atoms with Gasteiger partial charge in [-0.05, 0) is 17.7 Å². The molecule has 0 amide bonds. The van der Waals surface area contributed by atoms with Crippen molar-refractivity contribution in [2.45, 2.75) is 32.1 Å². The average molecular weight is 312 g/mol. The summed E-state index contributed by atoms with van der Waals surface area (Å²) in [4.78, 5) is 0. The monoisotopic (exact) mass is 312 g/mol. The number of hydrogen-bond donors (Lipinski definition) is 2. The van der Waals surface area contributed by atoms with Gasteiger partial charge in [0, 0.05) is 11.1 Å². The zero-order valence-electron chi connectivity index (χ0n) is 13.1. The fourth-order valence-electron chi connectivity index (χ4n) is 2.81. The third kappa shape index (κ3) is 2.44. The van der Waals surface area contributed by atoms with Gasteiger partial charge in [-0.3, -0.25) is 5.10 Å². The van der Waals surface area contributed by atoms with E-state index in [4.69, 9.17) is 10.5 Å². The number of nitrogens with zero attached hydrogens (tertiary/aromatic N) is 2. The SMILES string of the molecule is CC(C)(C)c1[nH]nc2c1[C@@H](c1ccc(F)cc1)C(C#N)=C(N)O2. The van der Waals surface area contributed by atoms with Gasteiger partial charge in [0.1, 0.15) is 17.5 Å². The van der Waals surface area contributed by atoms with Crippen LogP contribution in [0, 0.1) is 17.1 Å². The van der Waals surface area contributed by atoms with Gasteiger partial charge in [0.2, 0.25) is 11.8 Å². The van der Waals surface area contributed by atoms with Crippen molar-refractivity contribution in [2.24, 2.45) is 5.73 Å². The van der Waals surface area contributed by atoms with Crippen LogP contribution in [0.5, 0.6) is 5.88 Å². The maximum Gasteiger partial charge on any atom is 0.244 e. The Morgan fingerprint density at radius 3 is 2.52 bits per heavy atom. The molecule has 1 aromatic carbocycles. The number of nitrogens with one attached hydrogen (secondary N) is 1. The fraction of sp³-hybridized carbons (Fsp3) is 0.294. The quantitative estimate of drug-likeness (QED) is 0.847. The van der Waals surface area contributed by atoms with Gasteiger partial charge in [0.05, 0.1) is 11.5 Å². The largest absolute Gasteiger partial charge is 0.420 e. The molecule has 0 radical (unpaired) electrons. The molecule has 0 spiro atoms. The Labute approximate surface area is 133 Å². The second-order valence-electron chi connectivity index (χ2n) is 6.54. The van der Waals surface area contributed by atoms with Gasteiger partial charge in [-0.25, -0.2) is 4.39 Å². The molecule has 0 saturated carbocycles. The van der Waals surface area contributed by atoms with Crippen molar-refractivity contribution < 1.29 is 9.13 Å². The number of nitriles is 1. The van der Waals surface area contributed by atoms with Crippen molar-refractivity contribution in [3.63, 3.8) is 0 Å². The molecule has 0 bridgehead atoms. The minimum Gasteiger partial charge on any atom is -0.420 e. The first-order valence-corrected chi connectivity index (χ1v) is 7.24. The summed E-state index contributed by atoms with van der Waals surface area (Å²) in [5.74, 6) is -0.376. The Morgan fingerprint density at radius 2 is 1.96 bits per heavy atom. The first-order chi connectivity index (χ1) is 10.8. The number of fused-ring (bicyclic) bond motifs is 1. The predicted molar refractivity (Wildman–Crippen MR) is 83.0 cm³/mol. The van der Waals surface area contributed by atoms with Crippen LogP contribution in [-0.2, 0) is 5.41 Å². The van der Waals surface area contributed by atoms with Gasteiger partial charge in [-0.2, -0.15) is 5.26 Å². The van der Waals surface area contributed by atoms with E-state index in [1.165, 1.54) is 12.1 Å². The van der Waals surface area contributed by atoms with E-state index in [0.29, 0.717) is 11.5 Å². The topological polar surface area (TPSA) is 87.7 Å². The third-order valence-electron chi connectivity index (χ3n) is 3.89. The van der Waals surface area contributed by atoms with E-state index in [1.54, 1.807) is 12.1 Å². The standard InChI is InChI=1S/C17H17FN4O/c1-17(2,3)14-13-12(9-4-6-10(18)7-5-9)11(8-19)15(20)23-16(13)22-21-14/h4-7,12H,20H2,1-3H3,(H,21,22)/t12-/m0/s1. The highest BCUT2D eigenvalue weighted by Crippen LogP contribution is 2.45. The fourth-order valence-corrected chi connectivity index (χ4v) is 2.81. The maximum absolute atomic E-state index is 13.3. The number of ether oxygens (including phenoxy) is 1. The molecule has 23 heavy (non-hydrogen) atoms. The number of rotatable bonds is 1. The second kappa shape index (κ2) is 5.13. The van der Waals surface area contributed by atoms with E-state index in [2.05, 4.69) is 16.3 Å². The van der Waals surface area contributed by atoms with Crippen LogP contribution in [-0.4, -0.2) is 10.2 Å². The summed E-state index contributed by atoms with van der Waals surface area (Å²) in [6.07, 6.45) is 0. The number of hydrogen-bond acceptors (Lipinski definition) is 4. The van der Waals surface area contributed by atoms with Crippen LogP contribution >= 0.6 is 0 Å². The molecule has 1 aromatic heterocycles. The summed E-state index contributed by atoms with van der Waals surface area (Å²) in [5, 5.41) is 16.7. The Morgan fingerprint density at radius 1 is 1.30 bits per heavy atom. The third-order valence-corrected chi connectivity index (χ3v) is 3.89. The van der Waals surface area contributed by atoms with E-state index in [0.717, 1.165) is 16.8 Å². The number of benzene rings is 1. The smallest absolute Gasteiger partial charge is 0.244 e. The molecule has 2 aromatic rings. The lowest BCUT2D eigenvalue weighted by Crippen LogP contribution is -2.23. The Bertz CT molecular complexity index is 822. The normalized spacial score (nSPS) is 17.4. The van der Waals surface area contributed by atoms with Crippen molar-refractivity contribution >= 4 is 0 Å². The van der Waals surface area contributed by atoms with Gasteiger partial charge >= 0.3 is 0 Å². The number of halogens is 1. The minimum atomic E-state index is -0.433. The summed E-state index contributed by atoms with van der Waals surface area (Å²) < 4.78 is 18.8. The van der Waals surface area contributed by atoms with Gasteiger partial charge in [0.15, 0.2) is 0 Å². The molecular formula is C17H17FN4O. The summed E-state index contributed by atoms with van der Waals surface area (Å²) in [6.45, 7) is 6.11. The molecule has 0 fully saturated rings. The lowest BCUT2D eigenvalue weighted by Gasteiger charge is -2.27. The van der Waals surface area contributed by atoms with Crippen LogP contribution in [0.1, 0.15) is 43.5 Å². The highest BCUT2D eigenvalue weighted by atomic mass is 19.1. The van der Waals surface area contributed by atoms with Gasteiger partial charge < -0.3 is 10.5 Å². The molecule has 0 unspecified atom stereocenters. The molecule has 1 aliphatic rings. The molecule has 5 nitrogen and oxygen atoms in total. The molecule has 0 aliphatic carbocycles. The summed E-state index contributed by atoms with van der Waals surface area (Å²) in [7, 11) is 0. The van der Waals surface area contributed by atoms with Crippen LogP contribution in [0.15, 0.2) is 35.7 Å². The van der Waals surface area contributed by atoms with E-state index >= 15 is 0 Å². The lowest BCUT2D eigenvalue weighted by atomic mass is 9.79. The Hall–Kier alpha value is -2.81. The van der Waals surface area contributed by atoms with Crippen LogP contribution in [0.2, 0.25) is 0 Å². The zero-order valence-corrected chi connectivity index (χ0v) is 13.1. The van der Waals surface area contributed by atoms with Crippen molar-refractivity contribution in [3.05, 3.63) is 58.4 Å². The van der Waals surface area contributed by atoms with Crippen molar-refractivity contribution in [2.75, 3.05) is 0 Å². The van der Waals surface area contributed by atoms with Crippen molar-refractivity contribution in [3.8, 4) is 11.9 Å². The van der Waals surface area contributed by atoms with E-state index in [1.807, 2.05) is 20.8 Å². The van der Waals surface area contributed by atoms with Gasteiger partial charge in [0.25, 0.3) is 0 Å². The number of allylic oxidation sites excluding steroid dienone is 1. The van der Waals surface area contributed by atoms with Gasteiger partial charge in [-0.15, -0.1) is 5.10 Å². The molecule has 6 heteroatoms. The number of aromatic amines is 1. The molecule has 3 N–H and O–H groups in total. The Balaban J connectivity index is 2.26. The highest BCUT2D eigenvalue weighted by Gasteiger charge is 2.37. The molecule has 3 rings (SSSR count). The summed E-state index contributed by atoms with van der Waals surface area (Å²) >= 11 is 0. The Kier molecular flexibility index (Phi) is 3.37. The second-order valence-corrected chi connectivity index (χ2v) is 6.54. The minimum absolute atomic E-state index is 0.0290. The van der Waals surface area contributed by atoms with Crippen LogP contribution in [0.3, 0.4) is 0 Å². The zero-order chi connectivity index (χ0) is 16.8. The lowest BCUT2D eigenvalue weighted by molar-refractivity contribution is 0.378. The van der Waals surface area contributed by atoms with E-state index in [-0.39, 0.29) is 17.1 Å². The molecule has 1 atom stereocenters. The number of aromatic nitrogens is 2. The number of nitrogens with two attached hydrogens (primary N) is 1. The predicted octanol–water partition coefficient (Wildman–Crippen LogP) is 3.06. The molecule has 1 aliphatic heterocycles. The number of H-pyrrole nitrogens is 1. The molecule has 2 heterocycles. The summed E-state index contributed by atoms with van der Waals surface area (Å²) in [5.41, 5.74) is 8.36. The summed E-state index contributed by atoms with van der Waals surface area (Å²) in [6, 6.07) is 8.16. The van der Waals surface area contributed by atoms with Crippen molar-refractivity contribution in [1.29, 1.82) is 5.26 Å². The highest BCUT2D eigenvalue weighted by molar-refractivity contribution is 5.56. The van der Waals surface area contributed by atoms with Crippen molar-refractivity contribution in [1.82, 2.24) is 10.2 Å². The van der Waals surface area contributed by atoms with Crippen LogP contribution in [0.25, 0.3) is 0 Å². The van der Waals surface area contributed by atoms with E-state index in [9.17, 15) is 9.65 Å².